The van der Waals surface area contributed by atoms with Crippen molar-refractivity contribution in [1.82, 2.24) is 0 Å². The normalized spacial score (nSPS) is 9.00. The van der Waals surface area contributed by atoms with E-state index in [1.54, 1.807) is 0 Å². The van der Waals surface area contributed by atoms with E-state index in [9.17, 15) is 4.79 Å². The lowest BCUT2D eigenvalue weighted by Gasteiger charge is -1.74. The maximum atomic E-state index is 9.72. The minimum absolute atomic E-state index is 0.502. The lowest BCUT2D eigenvalue weighted by atomic mass is 10.3. The Balaban J connectivity index is 4.00. The molecule has 0 heterocycles. The Morgan fingerprint density at radius 2 is 2.44 bits per heavy atom. The summed E-state index contributed by atoms with van der Waals surface area (Å²) < 4.78 is 0. The number of hydrogen-bond donors (Lipinski definition) is 0. The van der Waals surface area contributed by atoms with E-state index < -0.39 is 0 Å². The van der Waals surface area contributed by atoms with Gasteiger partial charge in [-0.2, -0.15) is 4.79 Å². The van der Waals surface area contributed by atoms with Crippen LogP contribution >= 0.6 is 0 Å². The van der Waals surface area contributed by atoms with E-state index in [-0.39, 0.29) is 0 Å². The lowest BCUT2D eigenvalue weighted by molar-refractivity contribution is -0.104. The molecule has 0 bridgehead atoms. The molecule has 0 fully saturated rings. The Bertz CT molecular complexity index is 166. The van der Waals surface area contributed by atoms with Gasteiger partial charge in [-0.05, 0) is 6.08 Å². The van der Waals surface area contributed by atoms with E-state index in [2.05, 4.69) is 4.79 Å². The molecule has 0 radical (unpaired) electrons. The molecule has 0 aliphatic carbocycles. The molecule has 0 spiro atoms. The third-order valence-electron chi connectivity index (χ3n) is 0.858. The van der Waals surface area contributed by atoms with Gasteiger partial charge in [0.05, 0.1) is 0 Å². The maximum Gasteiger partial charge on any atom is 0.291 e. The third kappa shape index (κ3) is 3.38. The van der Waals surface area contributed by atoms with Crippen molar-refractivity contribution >= 4 is 12.0 Å². The lowest BCUT2D eigenvalue weighted by Crippen LogP contribution is -1.90. The molecule has 0 aromatic carbocycles. The number of hydrogen-bond acceptors (Lipinski definition) is 1. The molecule has 0 amide bonds. The van der Waals surface area contributed by atoms with Crippen molar-refractivity contribution in [2.45, 2.75) is 13.3 Å². The molecular formula is C6H8N2O. The predicted molar refractivity (Wildman–Crippen MR) is 34.1 cm³/mol. The van der Waals surface area contributed by atoms with Gasteiger partial charge < -0.3 is 5.53 Å². The van der Waals surface area contributed by atoms with E-state index in [4.69, 9.17) is 5.53 Å². The fraction of sp³-hybridized carbons (Fsp3) is 0.333. The fourth-order valence-electron chi connectivity index (χ4n) is 0.372. The largest absolute Gasteiger partial charge is 0.361 e. The number of nitrogens with zero attached hydrogens (tertiary/aromatic N) is 2. The van der Waals surface area contributed by atoms with E-state index in [0.29, 0.717) is 18.4 Å². The highest BCUT2D eigenvalue weighted by atomic mass is 16.1. The second-order valence-electron chi connectivity index (χ2n) is 1.44. The number of rotatable bonds is 3. The van der Waals surface area contributed by atoms with Crippen LogP contribution in [-0.2, 0) is 4.79 Å². The molecule has 0 saturated heterocycles. The Kier molecular flexibility index (Phi) is 4.27. The smallest absolute Gasteiger partial charge is 0.291 e. The molecule has 0 N–H and O–H groups in total. The van der Waals surface area contributed by atoms with Crippen LogP contribution in [0, 0.1) is 0 Å². The molecule has 0 unspecified atom stereocenters. The van der Waals surface area contributed by atoms with E-state index in [0.717, 1.165) is 0 Å². The van der Waals surface area contributed by atoms with E-state index in [1.807, 2.05) is 6.92 Å². The molecule has 0 saturated carbocycles. The van der Waals surface area contributed by atoms with Crippen LogP contribution < -0.4 is 0 Å². The van der Waals surface area contributed by atoms with Gasteiger partial charge in [0, 0.05) is 12.5 Å². The summed E-state index contributed by atoms with van der Waals surface area (Å²) in [6, 6.07) is 0. The third-order valence-corrected chi connectivity index (χ3v) is 0.858. The van der Waals surface area contributed by atoms with Crippen LogP contribution in [0.25, 0.3) is 5.53 Å². The predicted octanol–water partition coefficient (Wildman–Crippen LogP) is 0.822. The molecule has 0 aromatic rings. The maximum absolute atomic E-state index is 9.72. The summed E-state index contributed by atoms with van der Waals surface area (Å²) in [5.74, 6) is 0. The summed E-state index contributed by atoms with van der Waals surface area (Å²) in [6.07, 6.45) is 4.02. The van der Waals surface area contributed by atoms with Crippen molar-refractivity contribution in [2.24, 2.45) is 0 Å². The van der Waals surface area contributed by atoms with Crippen LogP contribution in [0.15, 0.2) is 12.2 Å². The molecule has 3 nitrogen and oxygen atoms in total. The van der Waals surface area contributed by atoms with Crippen molar-refractivity contribution in [2.75, 3.05) is 0 Å². The zero-order valence-electron chi connectivity index (χ0n) is 5.24. The van der Waals surface area contributed by atoms with Crippen LogP contribution in [0.2, 0.25) is 0 Å². The van der Waals surface area contributed by atoms with Crippen LogP contribution in [0.4, 0.5) is 0 Å². The number of allylic oxidation sites excluding steroid dienone is 2. The summed E-state index contributed by atoms with van der Waals surface area (Å²) in [4.78, 5) is 12.6. The Morgan fingerprint density at radius 3 is 2.78 bits per heavy atom. The molecule has 0 aromatic heterocycles. The summed E-state index contributed by atoms with van der Waals surface area (Å²) in [7, 11) is 0. The highest BCUT2D eigenvalue weighted by Gasteiger charge is 1.94. The second-order valence-corrected chi connectivity index (χ2v) is 1.44. The molecular weight excluding hydrogens is 116 g/mol. The van der Waals surface area contributed by atoms with Crippen molar-refractivity contribution in [3.8, 4) is 0 Å². The molecule has 0 rings (SSSR count). The van der Waals surface area contributed by atoms with Gasteiger partial charge >= 0.3 is 0 Å². The van der Waals surface area contributed by atoms with Gasteiger partial charge in [-0.1, -0.05) is 6.92 Å². The fourth-order valence-corrected chi connectivity index (χ4v) is 0.372. The Morgan fingerprint density at radius 1 is 1.78 bits per heavy atom. The second kappa shape index (κ2) is 4.94. The molecule has 0 aliphatic heterocycles. The van der Waals surface area contributed by atoms with Gasteiger partial charge in [-0.25, -0.2) is 0 Å². The van der Waals surface area contributed by atoms with Crippen molar-refractivity contribution in [1.29, 1.82) is 0 Å². The molecule has 9 heavy (non-hydrogen) atoms. The molecule has 0 aliphatic rings. The number of carbonyl (C=O) groups excluding carboxylic acids is 1. The van der Waals surface area contributed by atoms with Crippen LogP contribution in [0.3, 0.4) is 0 Å². The van der Waals surface area contributed by atoms with Crippen molar-refractivity contribution < 1.29 is 9.58 Å². The van der Waals surface area contributed by atoms with Gasteiger partial charge in [-0.15, -0.1) is 0 Å². The number of aldehydes is 1. The highest BCUT2D eigenvalue weighted by molar-refractivity contribution is 5.92. The molecule has 0 atom stereocenters. The quantitative estimate of drug-likeness (QED) is 0.181. The zero-order chi connectivity index (χ0) is 7.11. The van der Waals surface area contributed by atoms with Crippen LogP contribution in [0.1, 0.15) is 13.3 Å². The first-order valence-electron chi connectivity index (χ1n) is 2.68. The van der Waals surface area contributed by atoms with Crippen LogP contribution in [-0.4, -0.2) is 16.8 Å². The van der Waals surface area contributed by atoms with Crippen molar-refractivity contribution in [3.63, 3.8) is 0 Å². The van der Waals surface area contributed by atoms with Gasteiger partial charge in [0.2, 0.25) is 0 Å². The first-order chi connectivity index (χ1) is 4.35. The van der Waals surface area contributed by atoms with Gasteiger partial charge in [0.1, 0.15) is 6.29 Å². The van der Waals surface area contributed by atoms with E-state index >= 15 is 0 Å². The first kappa shape index (κ1) is 7.79. The summed E-state index contributed by atoms with van der Waals surface area (Å²) in [5, 5.41) is 0. The van der Waals surface area contributed by atoms with Gasteiger partial charge in [0.15, 0.2) is 0 Å². The van der Waals surface area contributed by atoms with Crippen LogP contribution in [0.5, 0.6) is 0 Å². The zero-order valence-corrected chi connectivity index (χ0v) is 5.24. The average molecular weight is 124 g/mol. The van der Waals surface area contributed by atoms with E-state index in [1.165, 1.54) is 12.2 Å². The summed E-state index contributed by atoms with van der Waals surface area (Å²) in [5.41, 5.74) is 8.68. The minimum atomic E-state index is 0.502. The Labute approximate surface area is 53.6 Å². The molecule has 3 heteroatoms. The highest BCUT2D eigenvalue weighted by Crippen LogP contribution is 1.80. The van der Waals surface area contributed by atoms with Gasteiger partial charge in [0.25, 0.3) is 5.71 Å². The van der Waals surface area contributed by atoms with Crippen molar-refractivity contribution in [3.05, 3.63) is 17.7 Å². The standard InChI is InChI=1S/C6H8N2O/c1-2-6(8-7)4-3-5-9/h3-5H,2H2,1H3/b4-3-. The monoisotopic (exact) mass is 124 g/mol. The topological polar surface area (TPSA) is 53.5 Å². The Hall–Kier alpha value is -1.21. The van der Waals surface area contributed by atoms with Gasteiger partial charge in [-0.3, -0.25) is 4.79 Å². The summed E-state index contributed by atoms with van der Waals surface area (Å²) in [6.45, 7) is 1.84. The minimum Gasteiger partial charge on any atom is -0.361 e. The number of carbonyl (C=O) groups is 1. The first-order valence-corrected chi connectivity index (χ1v) is 2.68. The average Bonchev–Trinajstić information content (AvgIpc) is 1.91. The molecule has 48 valence electrons. The summed E-state index contributed by atoms with van der Waals surface area (Å²) >= 11 is 0. The SMILES string of the molecule is CCC(/C=C\C=O)=[N+]=[N-].